The van der Waals surface area contributed by atoms with Crippen LogP contribution in [0, 0.1) is 5.82 Å². The molecular formula is C19H23Cl2FN6O2. The number of anilines is 3. The van der Waals surface area contributed by atoms with E-state index in [0.717, 1.165) is 36.9 Å². The van der Waals surface area contributed by atoms with E-state index in [-0.39, 0.29) is 33.9 Å². The number of ether oxygens (including phenoxy) is 1. The predicted molar refractivity (Wildman–Crippen MR) is 114 cm³/mol. The molecule has 1 amide bonds. The molecule has 1 aromatic carbocycles. The summed E-state index contributed by atoms with van der Waals surface area (Å²) in [7, 11) is 0. The summed E-state index contributed by atoms with van der Waals surface area (Å²) in [5.41, 5.74) is -0.558. The van der Waals surface area contributed by atoms with E-state index in [1.807, 2.05) is 0 Å². The Morgan fingerprint density at radius 1 is 1.23 bits per heavy atom. The van der Waals surface area contributed by atoms with Crippen molar-refractivity contribution in [1.82, 2.24) is 20.3 Å². The molecule has 0 atom stereocenters. The van der Waals surface area contributed by atoms with Gasteiger partial charge in [-0.05, 0) is 76.5 Å². The zero-order valence-electron chi connectivity index (χ0n) is 16.9. The van der Waals surface area contributed by atoms with E-state index in [1.54, 1.807) is 20.8 Å². The normalized spacial score (nSPS) is 15.0. The maximum atomic E-state index is 13.7. The lowest BCUT2D eigenvalue weighted by Crippen LogP contribution is -2.36. The molecule has 0 spiro atoms. The van der Waals surface area contributed by atoms with Crippen molar-refractivity contribution in [1.29, 1.82) is 0 Å². The van der Waals surface area contributed by atoms with E-state index in [9.17, 15) is 9.18 Å². The van der Waals surface area contributed by atoms with Crippen LogP contribution < -0.4 is 15.5 Å². The molecule has 2 heterocycles. The third-order valence-corrected chi connectivity index (χ3v) is 4.66. The molecular weight excluding hydrogens is 434 g/mol. The van der Waals surface area contributed by atoms with Gasteiger partial charge in [0.2, 0.25) is 17.2 Å². The van der Waals surface area contributed by atoms with E-state index in [0.29, 0.717) is 0 Å². The highest BCUT2D eigenvalue weighted by atomic mass is 35.5. The van der Waals surface area contributed by atoms with Crippen LogP contribution in [0.25, 0.3) is 0 Å². The minimum atomic E-state index is -0.786. The molecule has 0 unspecified atom stereocenters. The molecule has 11 heteroatoms. The lowest BCUT2D eigenvalue weighted by Gasteiger charge is -2.27. The van der Waals surface area contributed by atoms with E-state index in [4.69, 9.17) is 27.9 Å². The Kier molecular flexibility index (Phi) is 6.95. The fourth-order valence-corrected chi connectivity index (χ4v) is 3.22. The van der Waals surface area contributed by atoms with Gasteiger partial charge in [0, 0.05) is 6.04 Å². The van der Waals surface area contributed by atoms with Gasteiger partial charge in [-0.25, -0.2) is 14.1 Å². The minimum Gasteiger partial charge on any atom is -0.443 e. The first-order valence-electron chi connectivity index (χ1n) is 9.49. The monoisotopic (exact) mass is 456 g/mol. The molecule has 1 saturated heterocycles. The van der Waals surface area contributed by atoms with Gasteiger partial charge in [-0.15, -0.1) is 0 Å². The van der Waals surface area contributed by atoms with Crippen molar-refractivity contribution in [2.45, 2.75) is 45.3 Å². The van der Waals surface area contributed by atoms with Gasteiger partial charge in [0.25, 0.3) is 0 Å². The zero-order chi connectivity index (χ0) is 21.9. The van der Waals surface area contributed by atoms with E-state index in [1.165, 1.54) is 12.1 Å². The summed E-state index contributed by atoms with van der Waals surface area (Å²) in [6.07, 6.45) is 1.02. The van der Waals surface area contributed by atoms with Crippen LogP contribution in [0.1, 0.15) is 33.6 Å². The molecule has 1 aliphatic heterocycles. The average Bonchev–Trinajstić information content (AvgIpc) is 2.64. The highest BCUT2D eigenvalue weighted by molar-refractivity contribution is 6.31. The predicted octanol–water partition coefficient (Wildman–Crippen LogP) is 4.55. The van der Waals surface area contributed by atoms with Crippen LogP contribution in [0.4, 0.5) is 26.8 Å². The summed E-state index contributed by atoms with van der Waals surface area (Å²) >= 11 is 12.0. The topological polar surface area (TPSA) is 92.3 Å². The number of aromatic nitrogens is 3. The summed E-state index contributed by atoms with van der Waals surface area (Å²) < 4.78 is 19.2. The van der Waals surface area contributed by atoms with E-state index < -0.39 is 17.5 Å². The first-order chi connectivity index (χ1) is 14.1. The third-order valence-electron chi connectivity index (χ3n) is 4.21. The summed E-state index contributed by atoms with van der Waals surface area (Å²) in [4.78, 5) is 26.6. The van der Waals surface area contributed by atoms with Gasteiger partial charge in [-0.3, -0.25) is 0 Å². The SMILES string of the molecule is CC(C)(C)OC(=O)N(c1ccc(F)c(Cl)c1)c1nc(Cl)nc(NC2CCNCC2)n1. The number of rotatable bonds is 4. The van der Waals surface area contributed by atoms with Gasteiger partial charge >= 0.3 is 6.09 Å². The molecule has 0 aliphatic carbocycles. The molecule has 0 bridgehead atoms. The smallest absolute Gasteiger partial charge is 0.421 e. The average molecular weight is 457 g/mol. The maximum Gasteiger partial charge on any atom is 0.421 e. The third kappa shape index (κ3) is 5.90. The molecule has 2 aromatic rings. The lowest BCUT2D eigenvalue weighted by molar-refractivity contribution is 0.0597. The van der Waals surface area contributed by atoms with Gasteiger partial charge in [0.05, 0.1) is 10.7 Å². The second-order valence-corrected chi connectivity index (χ2v) is 8.56. The fourth-order valence-electron chi connectivity index (χ4n) is 2.89. The number of carbonyl (C=O) groups is 1. The van der Waals surface area contributed by atoms with E-state index in [2.05, 4.69) is 25.6 Å². The van der Waals surface area contributed by atoms with Crippen LogP contribution in [0.2, 0.25) is 10.3 Å². The Morgan fingerprint density at radius 2 is 1.93 bits per heavy atom. The highest BCUT2D eigenvalue weighted by Gasteiger charge is 2.29. The van der Waals surface area contributed by atoms with Crippen LogP contribution in [0.15, 0.2) is 18.2 Å². The van der Waals surface area contributed by atoms with Crippen molar-refractivity contribution < 1.29 is 13.9 Å². The van der Waals surface area contributed by atoms with Gasteiger partial charge in [-0.1, -0.05) is 11.6 Å². The highest BCUT2D eigenvalue weighted by Crippen LogP contribution is 2.30. The zero-order valence-corrected chi connectivity index (χ0v) is 18.4. The van der Waals surface area contributed by atoms with Crippen LogP contribution in [-0.4, -0.2) is 45.8 Å². The van der Waals surface area contributed by atoms with Crippen molar-refractivity contribution in [2.24, 2.45) is 0 Å². The first kappa shape index (κ1) is 22.5. The van der Waals surface area contributed by atoms with Crippen molar-refractivity contribution in [2.75, 3.05) is 23.3 Å². The molecule has 1 fully saturated rings. The number of carbonyl (C=O) groups excluding carboxylic acids is 1. The Morgan fingerprint density at radius 3 is 2.57 bits per heavy atom. The summed E-state index contributed by atoms with van der Waals surface area (Å²) in [5.74, 6) is -0.450. The van der Waals surface area contributed by atoms with Crippen LogP contribution in [0.3, 0.4) is 0 Å². The molecule has 8 nitrogen and oxygen atoms in total. The second-order valence-electron chi connectivity index (χ2n) is 7.81. The van der Waals surface area contributed by atoms with Crippen molar-refractivity contribution in [3.8, 4) is 0 Å². The van der Waals surface area contributed by atoms with Gasteiger partial charge < -0.3 is 15.4 Å². The Hall–Kier alpha value is -2.23. The maximum absolute atomic E-state index is 13.7. The van der Waals surface area contributed by atoms with Gasteiger partial charge in [0.15, 0.2) is 0 Å². The van der Waals surface area contributed by atoms with Crippen molar-refractivity contribution >= 4 is 46.9 Å². The van der Waals surface area contributed by atoms with Crippen molar-refractivity contribution in [3.63, 3.8) is 0 Å². The number of hydrogen-bond donors (Lipinski definition) is 2. The fraction of sp³-hybridized carbons (Fsp3) is 0.474. The summed E-state index contributed by atoms with van der Waals surface area (Å²) in [6, 6.07) is 3.97. The van der Waals surface area contributed by atoms with Gasteiger partial charge in [0.1, 0.15) is 11.4 Å². The van der Waals surface area contributed by atoms with E-state index >= 15 is 0 Å². The number of nitrogens with zero attached hydrogens (tertiary/aromatic N) is 4. The van der Waals surface area contributed by atoms with Crippen LogP contribution in [0.5, 0.6) is 0 Å². The Bertz CT molecular complexity index is 918. The molecule has 162 valence electrons. The lowest BCUT2D eigenvalue weighted by atomic mass is 10.1. The number of hydrogen-bond acceptors (Lipinski definition) is 7. The van der Waals surface area contributed by atoms with Crippen molar-refractivity contribution in [3.05, 3.63) is 34.3 Å². The molecule has 30 heavy (non-hydrogen) atoms. The number of halogens is 3. The Balaban J connectivity index is 1.99. The molecule has 1 aromatic heterocycles. The quantitative estimate of drug-likeness (QED) is 0.696. The second kappa shape index (κ2) is 9.28. The largest absolute Gasteiger partial charge is 0.443 e. The summed E-state index contributed by atoms with van der Waals surface area (Å²) in [6.45, 7) is 6.94. The molecule has 1 aliphatic rings. The number of benzene rings is 1. The Labute approximate surface area is 184 Å². The number of nitrogens with one attached hydrogen (secondary N) is 2. The molecule has 0 saturated carbocycles. The molecule has 3 rings (SSSR count). The standard InChI is InChI=1S/C19H23Cl2FN6O2/c1-19(2,3)30-18(29)28(12-4-5-14(22)13(20)10-12)17-26-15(21)25-16(27-17)24-11-6-8-23-9-7-11/h4-5,10-11,23H,6-9H2,1-3H3,(H,24,25,26,27). The number of amides is 1. The van der Waals surface area contributed by atoms with Gasteiger partial charge in [-0.2, -0.15) is 15.0 Å². The number of piperidine rings is 1. The van der Waals surface area contributed by atoms with Crippen LogP contribution in [-0.2, 0) is 4.74 Å². The molecule has 0 radical (unpaired) electrons. The first-order valence-corrected chi connectivity index (χ1v) is 10.2. The van der Waals surface area contributed by atoms with Crippen LogP contribution >= 0.6 is 23.2 Å². The minimum absolute atomic E-state index is 0.0663. The summed E-state index contributed by atoms with van der Waals surface area (Å²) in [5, 5.41) is 6.25. The molecule has 2 N–H and O–H groups in total.